The molecule has 0 bridgehead atoms. The number of nitrogens with zero attached hydrogens (tertiary/aromatic N) is 1. The van der Waals surface area contributed by atoms with Crippen LogP contribution in [0.5, 0.6) is 0 Å². The molecule has 10 heteroatoms. The summed E-state index contributed by atoms with van der Waals surface area (Å²) in [5.74, 6) is -0.363. The normalized spacial score (nSPS) is 13.7. The van der Waals surface area contributed by atoms with Gasteiger partial charge in [-0.25, -0.2) is 13.1 Å². The third kappa shape index (κ3) is 3.69. The van der Waals surface area contributed by atoms with Gasteiger partial charge < -0.3 is 10.6 Å². The lowest BCUT2D eigenvalue weighted by Gasteiger charge is -2.14. The molecule has 8 nitrogen and oxygen atoms in total. The van der Waals surface area contributed by atoms with Gasteiger partial charge in [-0.2, -0.15) is 5.10 Å². The number of aromatic amines is 1. The molecule has 3 rings (SSSR count). The monoisotopic (exact) mass is 385 g/mol. The van der Waals surface area contributed by atoms with Gasteiger partial charge in [-0.05, 0) is 31.7 Å². The van der Waals surface area contributed by atoms with E-state index in [0.29, 0.717) is 23.5 Å². The van der Waals surface area contributed by atoms with Crippen LogP contribution >= 0.6 is 12.4 Å². The van der Waals surface area contributed by atoms with Crippen LogP contribution in [0.1, 0.15) is 27.3 Å². The Bertz CT molecular complexity index is 895. The lowest BCUT2D eigenvalue weighted by Crippen LogP contribution is -2.25. The van der Waals surface area contributed by atoms with E-state index < -0.39 is 10.0 Å². The molecule has 0 spiro atoms. The Balaban J connectivity index is 0.00000225. The fourth-order valence-electron chi connectivity index (χ4n) is 2.75. The molecule has 1 amide bonds. The standard InChI is InChI=1S/C15H19N5O3S.ClH/c1-9-11(4-3-5-13(9)24(22,23)16-2)18-15(21)14-10-8-17-7-6-12(10)19-20-14;/h3-5,16-17H,6-8H2,1-2H3,(H,18,21)(H,19,20);1H. The summed E-state index contributed by atoms with van der Waals surface area (Å²) in [6.45, 7) is 3.09. The number of aromatic nitrogens is 2. The summed E-state index contributed by atoms with van der Waals surface area (Å²) in [5, 5.41) is 13.0. The van der Waals surface area contributed by atoms with Crippen LogP contribution in [-0.2, 0) is 23.0 Å². The van der Waals surface area contributed by atoms with Gasteiger partial charge in [0.15, 0.2) is 5.69 Å². The number of H-pyrrole nitrogens is 1. The first-order chi connectivity index (χ1) is 11.4. The van der Waals surface area contributed by atoms with Gasteiger partial charge in [0.25, 0.3) is 5.91 Å². The lowest BCUT2D eigenvalue weighted by atomic mass is 10.1. The highest BCUT2D eigenvalue weighted by atomic mass is 35.5. The molecule has 0 fully saturated rings. The quantitative estimate of drug-likeness (QED) is 0.625. The molecular weight excluding hydrogens is 366 g/mol. The van der Waals surface area contributed by atoms with Crippen LogP contribution in [0.25, 0.3) is 0 Å². The molecule has 0 saturated carbocycles. The number of carbonyl (C=O) groups is 1. The van der Waals surface area contributed by atoms with E-state index in [-0.39, 0.29) is 23.2 Å². The number of amides is 1. The predicted octanol–water partition coefficient (Wildman–Crippen LogP) is 0.946. The van der Waals surface area contributed by atoms with Crippen LogP contribution in [0.4, 0.5) is 5.69 Å². The molecule has 2 aromatic rings. The van der Waals surface area contributed by atoms with Gasteiger partial charge in [0, 0.05) is 36.5 Å². The molecular formula is C15H20ClN5O3S. The van der Waals surface area contributed by atoms with Crippen molar-refractivity contribution < 1.29 is 13.2 Å². The summed E-state index contributed by atoms with van der Waals surface area (Å²) < 4.78 is 26.3. The van der Waals surface area contributed by atoms with Crippen molar-refractivity contribution in [3.63, 3.8) is 0 Å². The van der Waals surface area contributed by atoms with Crippen LogP contribution in [0.15, 0.2) is 23.1 Å². The number of sulfonamides is 1. The SMILES string of the molecule is CNS(=O)(=O)c1cccc(NC(=O)c2n[nH]c3c2CNCC3)c1C.Cl. The van der Waals surface area contributed by atoms with E-state index in [2.05, 4.69) is 25.6 Å². The minimum Gasteiger partial charge on any atom is -0.320 e. The number of hydrogen-bond acceptors (Lipinski definition) is 5. The highest BCUT2D eigenvalue weighted by Gasteiger charge is 2.23. The maximum atomic E-state index is 12.5. The molecule has 4 N–H and O–H groups in total. The summed E-state index contributed by atoms with van der Waals surface area (Å²) in [4.78, 5) is 12.7. The van der Waals surface area contributed by atoms with Crippen molar-refractivity contribution in [2.75, 3.05) is 18.9 Å². The maximum absolute atomic E-state index is 12.5. The van der Waals surface area contributed by atoms with Crippen molar-refractivity contribution in [1.29, 1.82) is 0 Å². The predicted molar refractivity (Wildman–Crippen MR) is 96.6 cm³/mol. The number of rotatable bonds is 4. The Morgan fingerprint density at radius 1 is 1.32 bits per heavy atom. The third-order valence-corrected chi connectivity index (χ3v) is 5.67. The average Bonchev–Trinajstić information content (AvgIpc) is 3.00. The first-order valence-electron chi connectivity index (χ1n) is 7.55. The van der Waals surface area contributed by atoms with Crippen LogP contribution < -0.4 is 15.4 Å². The Morgan fingerprint density at radius 2 is 2.08 bits per heavy atom. The topological polar surface area (TPSA) is 116 Å². The van der Waals surface area contributed by atoms with Crippen LogP contribution in [0.2, 0.25) is 0 Å². The molecule has 1 aromatic heterocycles. The lowest BCUT2D eigenvalue weighted by molar-refractivity contribution is 0.102. The Morgan fingerprint density at radius 3 is 2.80 bits per heavy atom. The highest BCUT2D eigenvalue weighted by Crippen LogP contribution is 2.24. The molecule has 25 heavy (non-hydrogen) atoms. The summed E-state index contributed by atoms with van der Waals surface area (Å²) in [5.41, 5.74) is 3.07. The summed E-state index contributed by atoms with van der Waals surface area (Å²) in [7, 11) is -2.24. The van der Waals surface area contributed by atoms with E-state index in [1.807, 2.05) is 0 Å². The van der Waals surface area contributed by atoms with Gasteiger partial charge in [0.05, 0.1) is 4.90 Å². The van der Waals surface area contributed by atoms with E-state index in [0.717, 1.165) is 24.2 Å². The third-order valence-electron chi connectivity index (χ3n) is 4.11. The second kappa shape index (κ2) is 7.52. The summed E-state index contributed by atoms with van der Waals surface area (Å²) >= 11 is 0. The number of anilines is 1. The fourth-order valence-corrected chi connectivity index (χ4v) is 3.74. The number of benzene rings is 1. The van der Waals surface area contributed by atoms with Gasteiger partial charge in [0.2, 0.25) is 10.0 Å². The highest BCUT2D eigenvalue weighted by molar-refractivity contribution is 7.89. The molecule has 1 aliphatic heterocycles. The Labute approximate surface area is 152 Å². The molecule has 1 aromatic carbocycles. The van der Waals surface area contributed by atoms with Crippen molar-refractivity contribution >= 4 is 34.0 Å². The average molecular weight is 386 g/mol. The maximum Gasteiger partial charge on any atom is 0.276 e. The van der Waals surface area contributed by atoms with Gasteiger partial charge in [-0.15, -0.1) is 12.4 Å². The Kier molecular flexibility index (Phi) is 5.83. The number of nitrogens with one attached hydrogen (secondary N) is 4. The van der Waals surface area contributed by atoms with Crippen molar-refractivity contribution in [2.24, 2.45) is 0 Å². The Hall–Kier alpha value is -1.94. The number of carbonyl (C=O) groups excluding carboxylic acids is 1. The molecule has 0 aliphatic carbocycles. The zero-order valence-corrected chi connectivity index (χ0v) is 15.5. The second-order valence-corrected chi connectivity index (χ2v) is 7.40. The van der Waals surface area contributed by atoms with Gasteiger partial charge >= 0.3 is 0 Å². The molecule has 1 aliphatic rings. The van der Waals surface area contributed by atoms with E-state index in [1.54, 1.807) is 19.1 Å². The van der Waals surface area contributed by atoms with E-state index in [9.17, 15) is 13.2 Å². The zero-order chi connectivity index (χ0) is 17.3. The second-order valence-electron chi connectivity index (χ2n) is 5.55. The molecule has 2 heterocycles. The number of hydrogen-bond donors (Lipinski definition) is 4. The minimum atomic E-state index is -3.59. The number of halogens is 1. The molecule has 136 valence electrons. The molecule has 0 atom stereocenters. The fraction of sp³-hybridized carbons (Fsp3) is 0.333. The van der Waals surface area contributed by atoms with Gasteiger partial charge in [0.1, 0.15) is 0 Å². The number of fused-ring (bicyclic) bond motifs is 1. The molecule has 0 unspecified atom stereocenters. The molecule has 0 saturated heterocycles. The van der Waals surface area contributed by atoms with Crippen LogP contribution in [0, 0.1) is 6.92 Å². The van der Waals surface area contributed by atoms with E-state index in [1.165, 1.54) is 13.1 Å². The van der Waals surface area contributed by atoms with Crippen molar-refractivity contribution in [3.8, 4) is 0 Å². The summed E-state index contributed by atoms with van der Waals surface area (Å²) in [6, 6.07) is 4.75. The van der Waals surface area contributed by atoms with Crippen molar-refractivity contribution in [1.82, 2.24) is 20.2 Å². The first-order valence-corrected chi connectivity index (χ1v) is 9.03. The van der Waals surface area contributed by atoms with Crippen LogP contribution in [-0.4, -0.2) is 38.1 Å². The van der Waals surface area contributed by atoms with Crippen LogP contribution in [0.3, 0.4) is 0 Å². The largest absolute Gasteiger partial charge is 0.320 e. The van der Waals surface area contributed by atoms with Gasteiger partial charge in [-0.1, -0.05) is 6.07 Å². The van der Waals surface area contributed by atoms with E-state index >= 15 is 0 Å². The minimum absolute atomic E-state index is 0. The van der Waals surface area contributed by atoms with E-state index in [4.69, 9.17) is 0 Å². The smallest absolute Gasteiger partial charge is 0.276 e. The van der Waals surface area contributed by atoms with Crippen molar-refractivity contribution in [2.45, 2.75) is 24.8 Å². The van der Waals surface area contributed by atoms with Gasteiger partial charge in [-0.3, -0.25) is 9.89 Å². The summed E-state index contributed by atoms with van der Waals surface area (Å²) in [6.07, 6.45) is 0.796. The van der Waals surface area contributed by atoms with Crippen molar-refractivity contribution in [3.05, 3.63) is 40.7 Å². The first kappa shape index (κ1) is 19.4. The molecule has 0 radical (unpaired) electrons. The zero-order valence-electron chi connectivity index (χ0n) is 13.8.